The Morgan fingerprint density at radius 3 is 2.71 bits per heavy atom. The number of fused-ring (bicyclic) bond motifs is 1. The Balaban J connectivity index is 1.78. The van der Waals surface area contributed by atoms with Gasteiger partial charge in [-0.25, -0.2) is 4.39 Å². The molecule has 3 aromatic rings. The molecule has 0 fully saturated rings. The summed E-state index contributed by atoms with van der Waals surface area (Å²) in [5, 5.41) is 4.20. The molecule has 0 radical (unpaired) electrons. The van der Waals surface area contributed by atoms with Crippen LogP contribution in [0.1, 0.15) is 6.92 Å². The first-order chi connectivity index (χ1) is 11.6. The molecule has 3 rings (SSSR count). The normalized spacial score (nSPS) is 12.2. The Bertz CT molecular complexity index is 839. The summed E-state index contributed by atoms with van der Waals surface area (Å²) < 4.78 is 14.4. The van der Waals surface area contributed by atoms with Gasteiger partial charge >= 0.3 is 0 Å². The smallest absolute Gasteiger partial charge is 0.125 e. The summed E-state index contributed by atoms with van der Waals surface area (Å²) >= 11 is 3.38. The number of hydrogen-bond donors (Lipinski definition) is 1. The first-order valence-electron chi connectivity index (χ1n) is 7.82. The van der Waals surface area contributed by atoms with E-state index in [1.165, 1.54) is 17.8 Å². The van der Waals surface area contributed by atoms with Crippen LogP contribution in [-0.4, -0.2) is 24.6 Å². The highest BCUT2D eigenvalue weighted by Gasteiger charge is 2.12. The van der Waals surface area contributed by atoms with E-state index in [0.717, 1.165) is 23.1 Å². The molecule has 0 aliphatic carbocycles. The number of rotatable bonds is 5. The number of nitrogens with one attached hydrogen (secondary N) is 1. The predicted molar refractivity (Wildman–Crippen MR) is 102 cm³/mol. The lowest BCUT2D eigenvalue weighted by atomic mass is 10.1. The second kappa shape index (κ2) is 7.18. The molecule has 2 aromatic carbocycles. The van der Waals surface area contributed by atoms with Gasteiger partial charge in [-0.2, -0.15) is 0 Å². The highest BCUT2D eigenvalue weighted by Crippen LogP contribution is 2.29. The quantitative estimate of drug-likeness (QED) is 0.661. The van der Waals surface area contributed by atoms with Crippen LogP contribution in [0.4, 0.5) is 15.8 Å². The molecule has 5 heteroatoms. The number of nitrogens with zero attached hydrogens (tertiary/aromatic N) is 2. The zero-order valence-electron chi connectivity index (χ0n) is 13.6. The van der Waals surface area contributed by atoms with Gasteiger partial charge in [-0.05, 0) is 53.2 Å². The van der Waals surface area contributed by atoms with Gasteiger partial charge in [0.25, 0.3) is 0 Å². The first kappa shape index (κ1) is 16.7. The fourth-order valence-electron chi connectivity index (χ4n) is 2.64. The maximum Gasteiger partial charge on any atom is 0.125 e. The van der Waals surface area contributed by atoms with Gasteiger partial charge in [-0.15, -0.1) is 0 Å². The zero-order chi connectivity index (χ0) is 17.1. The number of halogens is 2. The highest BCUT2D eigenvalue weighted by atomic mass is 79.9. The number of aromatic nitrogens is 1. The van der Waals surface area contributed by atoms with Crippen molar-refractivity contribution in [3.63, 3.8) is 0 Å². The van der Waals surface area contributed by atoms with Gasteiger partial charge in [-0.3, -0.25) is 4.98 Å². The molecule has 0 spiro atoms. The molecule has 0 bridgehead atoms. The number of anilines is 2. The Labute approximate surface area is 149 Å². The van der Waals surface area contributed by atoms with Gasteiger partial charge in [0.2, 0.25) is 0 Å². The minimum atomic E-state index is -0.278. The van der Waals surface area contributed by atoms with E-state index in [9.17, 15) is 4.39 Å². The van der Waals surface area contributed by atoms with E-state index in [1.807, 2.05) is 24.3 Å². The third-order valence-corrected chi connectivity index (χ3v) is 4.78. The van der Waals surface area contributed by atoms with Crippen LogP contribution in [0.25, 0.3) is 10.9 Å². The van der Waals surface area contributed by atoms with Gasteiger partial charge in [0, 0.05) is 47.1 Å². The van der Waals surface area contributed by atoms with E-state index in [0.29, 0.717) is 4.47 Å². The van der Waals surface area contributed by atoms with Crippen molar-refractivity contribution in [3.05, 3.63) is 65.0 Å². The van der Waals surface area contributed by atoms with Crippen LogP contribution in [0, 0.1) is 5.82 Å². The van der Waals surface area contributed by atoms with Crippen molar-refractivity contribution in [1.82, 2.24) is 4.98 Å². The lowest BCUT2D eigenvalue weighted by molar-refractivity contribution is 0.629. The van der Waals surface area contributed by atoms with Crippen LogP contribution in [0.2, 0.25) is 0 Å². The van der Waals surface area contributed by atoms with Crippen LogP contribution in [0.5, 0.6) is 0 Å². The lowest BCUT2D eigenvalue weighted by Crippen LogP contribution is -2.34. The summed E-state index contributed by atoms with van der Waals surface area (Å²) in [4.78, 5) is 6.54. The SMILES string of the molecule is CC(CNc1ccnc2c(Br)cc(F)cc12)N(C)c1ccccc1. The Hall–Kier alpha value is -2.14. The molecule has 24 heavy (non-hydrogen) atoms. The zero-order valence-corrected chi connectivity index (χ0v) is 15.2. The molecule has 0 amide bonds. The molecule has 1 unspecified atom stereocenters. The number of para-hydroxylation sites is 1. The number of hydrogen-bond acceptors (Lipinski definition) is 3. The van der Waals surface area contributed by atoms with E-state index < -0.39 is 0 Å². The summed E-state index contributed by atoms with van der Waals surface area (Å²) in [6.45, 7) is 2.89. The second-order valence-corrected chi connectivity index (χ2v) is 6.67. The molecule has 0 aliphatic rings. The van der Waals surface area contributed by atoms with Gasteiger partial charge in [0.05, 0.1) is 5.52 Å². The largest absolute Gasteiger partial charge is 0.382 e. The Morgan fingerprint density at radius 2 is 1.96 bits per heavy atom. The van der Waals surface area contributed by atoms with Crippen molar-refractivity contribution >= 4 is 38.2 Å². The average Bonchev–Trinajstić information content (AvgIpc) is 2.59. The molecule has 3 nitrogen and oxygen atoms in total. The third-order valence-electron chi connectivity index (χ3n) is 4.18. The summed E-state index contributed by atoms with van der Waals surface area (Å²) in [6.07, 6.45) is 1.74. The van der Waals surface area contributed by atoms with E-state index in [4.69, 9.17) is 0 Å². The first-order valence-corrected chi connectivity index (χ1v) is 8.61. The van der Waals surface area contributed by atoms with Crippen LogP contribution in [0.15, 0.2) is 59.2 Å². The van der Waals surface area contributed by atoms with Gasteiger partial charge in [0.1, 0.15) is 5.82 Å². The van der Waals surface area contributed by atoms with Gasteiger partial charge in [0.15, 0.2) is 0 Å². The van der Waals surface area contributed by atoms with Crippen LogP contribution < -0.4 is 10.2 Å². The molecule has 0 saturated carbocycles. The highest BCUT2D eigenvalue weighted by molar-refractivity contribution is 9.10. The molecular formula is C19H19BrFN3. The van der Waals surface area contributed by atoms with Crippen molar-refractivity contribution in [3.8, 4) is 0 Å². The predicted octanol–water partition coefficient (Wildman–Crippen LogP) is 5.07. The fourth-order valence-corrected chi connectivity index (χ4v) is 3.18. The number of likely N-dealkylation sites (N-methyl/N-ethyl adjacent to an activating group) is 1. The van der Waals surface area contributed by atoms with Crippen LogP contribution >= 0.6 is 15.9 Å². The molecule has 1 heterocycles. The van der Waals surface area contributed by atoms with Gasteiger partial charge in [-0.1, -0.05) is 18.2 Å². The maximum atomic E-state index is 13.7. The lowest BCUT2D eigenvalue weighted by Gasteiger charge is -2.27. The summed E-state index contributed by atoms with van der Waals surface area (Å²) in [7, 11) is 2.07. The monoisotopic (exact) mass is 387 g/mol. The Kier molecular flexibility index (Phi) is 5.00. The van der Waals surface area contributed by atoms with E-state index in [-0.39, 0.29) is 11.9 Å². The van der Waals surface area contributed by atoms with Crippen molar-refractivity contribution in [2.75, 3.05) is 23.8 Å². The van der Waals surface area contributed by atoms with Crippen molar-refractivity contribution in [1.29, 1.82) is 0 Å². The summed E-state index contributed by atoms with van der Waals surface area (Å²) in [6, 6.07) is 15.3. The molecule has 1 aromatic heterocycles. The fraction of sp³-hybridized carbons (Fsp3) is 0.211. The van der Waals surface area contributed by atoms with Crippen molar-refractivity contribution in [2.24, 2.45) is 0 Å². The summed E-state index contributed by atoms with van der Waals surface area (Å²) in [5.74, 6) is -0.278. The minimum absolute atomic E-state index is 0.271. The van der Waals surface area contributed by atoms with E-state index in [1.54, 1.807) is 6.20 Å². The van der Waals surface area contributed by atoms with E-state index >= 15 is 0 Å². The molecular weight excluding hydrogens is 369 g/mol. The maximum absolute atomic E-state index is 13.7. The molecule has 0 aliphatic heterocycles. The third kappa shape index (κ3) is 3.51. The Morgan fingerprint density at radius 1 is 1.21 bits per heavy atom. The van der Waals surface area contributed by atoms with Crippen molar-refractivity contribution < 1.29 is 4.39 Å². The topological polar surface area (TPSA) is 28.2 Å². The summed E-state index contributed by atoms with van der Waals surface area (Å²) in [5.41, 5.74) is 2.80. The van der Waals surface area contributed by atoms with Crippen LogP contribution in [-0.2, 0) is 0 Å². The van der Waals surface area contributed by atoms with E-state index in [2.05, 4.69) is 57.2 Å². The van der Waals surface area contributed by atoms with Crippen LogP contribution in [0.3, 0.4) is 0 Å². The number of benzene rings is 2. The average molecular weight is 388 g/mol. The molecule has 1 N–H and O–H groups in total. The standard InChI is InChI=1S/C19H19BrFN3/c1-13(24(2)15-6-4-3-5-7-15)12-23-18-8-9-22-19-16(18)10-14(21)11-17(19)20/h3-11,13H,12H2,1-2H3,(H,22,23). The molecule has 124 valence electrons. The van der Waals surface area contributed by atoms with Gasteiger partial charge < -0.3 is 10.2 Å². The molecule has 0 saturated heterocycles. The minimum Gasteiger partial charge on any atom is -0.382 e. The molecule has 1 atom stereocenters. The number of pyridine rings is 1. The second-order valence-electron chi connectivity index (χ2n) is 5.82. The van der Waals surface area contributed by atoms with Crippen molar-refractivity contribution in [2.45, 2.75) is 13.0 Å².